The van der Waals surface area contributed by atoms with E-state index in [1.165, 1.54) is 0 Å². The first-order valence-corrected chi connectivity index (χ1v) is 5.94. The van der Waals surface area contributed by atoms with E-state index in [2.05, 4.69) is 4.90 Å². The molecule has 4 nitrogen and oxygen atoms in total. The number of hydrogen-bond acceptors (Lipinski definition) is 4. The van der Waals surface area contributed by atoms with E-state index in [9.17, 15) is 5.11 Å². The zero-order valence-corrected chi connectivity index (χ0v) is 10.6. The third kappa shape index (κ3) is 2.49. The number of halogens is 1. The Bertz CT molecular complexity index is 413. The van der Waals surface area contributed by atoms with Crippen LogP contribution in [0.25, 0.3) is 0 Å². The van der Waals surface area contributed by atoms with E-state index in [-0.39, 0.29) is 6.61 Å². The van der Waals surface area contributed by atoms with Crippen LogP contribution >= 0.6 is 11.6 Å². The van der Waals surface area contributed by atoms with Gasteiger partial charge in [0.15, 0.2) is 0 Å². The fraction of sp³-hybridized carbons (Fsp3) is 0.500. The van der Waals surface area contributed by atoms with E-state index in [4.69, 9.17) is 22.1 Å². The van der Waals surface area contributed by atoms with Gasteiger partial charge in [0.05, 0.1) is 24.9 Å². The number of hydrogen-bond donors (Lipinski definition) is 2. The SMILES string of the molecule is COc1ccc(Cl)cc1N1CCC(N)(CO)C1. The van der Waals surface area contributed by atoms with Crippen LogP contribution < -0.4 is 15.4 Å². The van der Waals surface area contributed by atoms with Gasteiger partial charge in [-0.2, -0.15) is 0 Å². The fourth-order valence-electron chi connectivity index (χ4n) is 2.14. The van der Waals surface area contributed by atoms with Gasteiger partial charge in [0.25, 0.3) is 0 Å². The van der Waals surface area contributed by atoms with Crippen molar-refractivity contribution in [2.45, 2.75) is 12.0 Å². The predicted octanol–water partition coefficient (Wildman–Crippen LogP) is 1.25. The molecule has 1 heterocycles. The number of aliphatic hydroxyl groups excluding tert-OH is 1. The van der Waals surface area contributed by atoms with E-state index in [0.717, 1.165) is 24.4 Å². The molecular weight excluding hydrogens is 240 g/mol. The largest absolute Gasteiger partial charge is 0.495 e. The van der Waals surface area contributed by atoms with Gasteiger partial charge in [-0.1, -0.05) is 11.6 Å². The fourth-order valence-corrected chi connectivity index (χ4v) is 2.31. The molecule has 1 aromatic carbocycles. The first-order chi connectivity index (χ1) is 8.08. The van der Waals surface area contributed by atoms with Crippen molar-refractivity contribution in [3.63, 3.8) is 0 Å². The van der Waals surface area contributed by atoms with Crippen LogP contribution in [0.4, 0.5) is 5.69 Å². The Morgan fingerprint density at radius 2 is 2.35 bits per heavy atom. The van der Waals surface area contributed by atoms with Crippen LogP contribution in [0.15, 0.2) is 18.2 Å². The van der Waals surface area contributed by atoms with Crippen LogP contribution in [0.2, 0.25) is 5.02 Å². The third-order valence-electron chi connectivity index (χ3n) is 3.18. The Labute approximate surface area is 106 Å². The van der Waals surface area contributed by atoms with Crippen LogP contribution in [0.3, 0.4) is 0 Å². The zero-order valence-electron chi connectivity index (χ0n) is 9.82. The number of methoxy groups -OCH3 is 1. The summed E-state index contributed by atoms with van der Waals surface area (Å²) in [5.41, 5.74) is 6.46. The average Bonchev–Trinajstić information content (AvgIpc) is 2.73. The molecular formula is C12H17ClN2O2. The maximum absolute atomic E-state index is 9.26. The number of nitrogens with zero attached hydrogens (tertiary/aromatic N) is 1. The van der Waals surface area contributed by atoms with Gasteiger partial charge in [-0.25, -0.2) is 0 Å². The molecule has 1 saturated heterocycles. The van der Waals surface area contributed by atoms with Crippen LogP contribution in [-0.2, 0) is 0 Å². The molecule has 0 bridgehead atoms. The lowest BCUT2D eigenvalue weighted by Gasteiger charge is -2.24. The van der Waals surface area contributed by atoms with Gasteiger partial charge < -0.3 is 20.5 Å². The Morgan fingerprint density at radius 1 is 1.59 bits per heavy atom. The lowest BCUT2D eigenvalue weighted by molar-refractivity contribution is 0.210. The molecule has 1 aliphatic rings. The second-order valence-electron chi connectivity index (χ2n) is 4.51. The smallest absolute Gasteiger partial charge is 0.142 e. The number of benzene rings is 1. The van der Waals surface area contributed by atoms with Crippen molar-refractivity contribution in [2.75, 3.05) is 31.7 Å². The summed E-state index contributed by atoms with van der Waals surface area (Å²) in [5, 5.41) is 9.93. The summed E-state index contributed by atoms with van der Waals surface area (Å²) in [6.45, 7) is 1.40. The summed E-state index contributed by atoms with van der Waals surface area (Å²) < 4.78 is 5.31. The number of aliphatic hydroxyl groups is 1. The summed E-state index contributed by atoms with van der Waals surface area (Å²) in [7, 11) is 1.63. The van der Waals surface area contributed by atoms with Crippen molar-refractivity contribution in [3.05, 3.63) is 23.2 Å². The number of anilines is 1. The minimum atomic E-state index is -0.521. The van der Waals surface area contributed by atoms with Gasteiger partial charge >= 0.3 is 0 Å². The maximum Gasteiger partial charge on any atom is 0.142 e. The molecule has 0 radical (unpaired) electrons. The van der Waals surface area contributed by atoms with Gasteiger partial charge in [0.1, 0.15) is 5.75 Å². The second-order valence-corrected chi connectivity index (χ2v) is 4.94. The second kappa shape index (κ2) is 4.72. The molecule has 94 valence electrons. The van der Waals surface area contributed by atoms with Gasteiger partial charge in [-0.15, -0.1) is 0 Å². The predicted molar refractivity (Wildman–Crippen MR) is 68.8 cm³/mol. The standard InChI is InChI=1S/C12H17ClN2O2/c1-17-11-3-2-9(13)6-10(11)15-5-4-12(14,7-15)8-16/h2-3,6,16H,4-5,7-8,14H2,1H3. The number of rotatable bonds is 3. The molecule has 0 aliphatic carbocycles. The minimum Gasteiger partial charge on any atom is -0.495 e. The van der Waals surface area contributed by atoms with Crippen LogP contribution in [0.5, 0.6) is 5.75 Å². The topological polar surface area (TPSA) is 58.7 Å². The molecule has 1 aliphatic heterocycles. The summed E-state index contributed by atoms with van der Waals surface area (Å²) in [6.07, 6.45) is 0.763. The molecule has 3 N–H and O–H groups in total. The maximum atomic E-state index is 9.26. The van der Waals surface area contributed by atoms with E-state index in [1.54, 1.807) is 13.2 Å². The highest BCUT2D eigenvalue weighted by atomic mass is 35.5. The monoisotopic (exact) mass is 256 g/mol. The Kier molecular flexibility index (Phi) is 3.47. The molecule has 1 atom stereocenters. The van der Waals surface area contributed by atoms with Crippen LogP contribution in [-0.4, -0.2) is 37.5 Å². The molecule has 0 aromatic heterocycles. The van der Waals surface area contributed by atoms with Crippen molar-refractivity contribution in [2.24, 2.45) is 5.73 Å². The molecule has 2 rings (SSSR count). The van der Waals surface area contributed by atoms with Crippen molar-refractivity contribution in [1.29, 1.82) is 0 Å². The summed E-state index contributed by atoms with van der Waals surface area (Å²) >= 11 is 5.99. The molecule has 0 spiro atoms. The highest BCUT2D eigenvalue weighted by Gasteiger charge is 2.34. The van der Waals surface area contributed by atoms with Gasteiger partial charge in [-0.05, 0) is 24.6 Å². The third-order valence-corrected chi connectivity index (χ3v) is 3.42. The van der Waals surface area contributed by atoms with Crippen molar-refractivity contribution in [3.8, 4) is 5.75 Å². The van der Waals surface area contributed by atoms with E-state index in [0.29, 0.717) is 11.6 Å². The molecule has 0 saturated carbocycles. The summed E-state index contributed by atoms with van der Waals surface area (Å²) in [5.74, 6) is 0.775. The molecule has 1 aromatic rings. The lowest BCUT2D eigenvalue weighted by atomic mass is 10.0. The van der Waals surface area contributed by atoms with E-state index < -0.39 is 5.54 Å². The van der Waals surface area contributed by atoms with Gasteiger partial charge in [-0.3, -0.25) is 0 Å². The lowest BCUT2D eigenvalue weighted by Crippen LogP contribution is -2.46. The quantitative estimate of drug-likeness (QED) is 0.855. The van der Waals surface area contributed by atoms with Crippen molar-refractivity contribution >= 4 is 17.3 Å². The molecule has 17 heavy (non-hydrogen) atoms. The van der Waals surface area contributed by atoms with Crippen LogP contribution in [0.1, 0.15) is 6.42 Å². The minimum absolute atomic E-state index is 0.00756. The van der Waals surface area contributed by atoms with Crippen LogP contribution in [0, 0.1) is 0 Å². The normalized spacial score (nSPS) is 24.1. The zero-order chi connectivity index (χ0) is 12.5. The number of ether oxygens (including phenoxy) is 1. The first-order valence-electron chi connectivity index (χ1n) is 5.56. The number of nitrogens with two attached hydrogens (primary N) is 1. The summed E-state index contributed by atoms with van der Waals surface area (Å²) in [6, 6.07) is 5.50. The van der Waals surface area contributed by atoms with E-state index in [1.807, 2.05) is 12.1 Å². The van der Waals surface area contributed by atoms with Gasteiger partial charge in [0.2, 0.25) is 0 Å². The van der Waals surface area contributed by atoms with Gasteiger partial charge in [0, 0.05) is 18.1 Å². The molecule has 0 amide bonds. The van der Waals surface area contributed by atoms with Crippen molar-refractivity contribution < 1.29 is 9.84 Å². The molecule has 5 heteroatoms. The Balaban J connectivity index is 2.26. The Morgan fingerprint density at radius 3 is 2.94 bits per heavy atom. The van der Waals surface area contributed by atoms with Crippen molar-refractivity contribution in [1.82, 2.24) is 0 Å². The van der Waals surface area contributed by atoms with E-state index >= 15 is 0 Å². The highest BCUT2D eigenvalue weighted by Crippen LogP contribution is 2.34. The highest BCUT2D eigenvalue weighted by molar-refractivity contribution is 6.30. The molecule has 1 unspecified atom stereocenters. The Hall–Kier alpha value is -0.970. The summed E-state index contributed by atoms with van der Waals surface area (Å²) in [4.78, 5) is 2.10. The molecule has 1 fully saturated rings. The first kappa shape index (κ1) is 12.5. The average molecular weight is 257 g/mol.